The molecule has 3 aromatic rings. The summed E-state index contributed by atoms with van der Waals surface area (Å²) >= 11 is 0. The Bertz CT molecular complexity index is 1090. The third-order valence-electron chi connectivity index (χ3n) is 5.19. The number of rotatable bonds is 6. The highest BCUT2D eigenvalue weighted by Crippen LogP contribution is 2.35. The summed E-state index contributed by atoms with van der Waals surface area (Å²) in [5.74, 6) is 0.402. The third kappa shape index (κ3) is 4.57. The number of fused-ring (bicyclic) bond motifs is 2. The van der Waals surface area contributed by atoms with E-state index >= 15 is 0 Å². The molecule has 0 radical (unpaired) electrons. The molecule has 0 unspecified atom stereocenters. The Labute approximate surface area is 171 Å². The fourth-order valence-electron chi connectivity index (χ4n) is 3.69. The van der Waals surface area contributed by atoms with Gasteiger partial charge in [-0.2, -0.15) is 18.2 Å². The number of halogens is 3. The molecule has 156 valence electrons. The Balaban J connectivity index is 1.27. The summed E-state index contributed by atoms with van der Waals surface area (Å²) in [7, 11) is 0. The molecule has 0 aliphatic carbocycles. The molecule has 4 rings (SSSR count). The minimum absolute atomic E-state index is 0.318. The van der Waals surface area contributed by atoms with E-state index in [1.807, 2.05) is 0 Å². The SMILES string of the molecule is O=c1c#cc2ccc(OCCCCN3CCc4cccc(C(F)(F)F)c4C3)nc2[nH]1. The maximum Gasteiger partial charge on any atom is 0.416 e. The topological polar surface area (TPSA) is 58.2 Å². The highest BCUT2D eigenvalue weighted by molar-refractivity contribution is 5.72. The summed E-state index contributed by atoms with van der Waals surface area (Å²) in [4.78, 5) is 20.2. The van der Waals surface area contributed by atoms with Gasteiger partial charge >= 0.3 is 11.7 Å². The van der Waals surface area contributed by atoms with Crippen LogP contribution in [0, 0.1) is 12.1 Å². The van der Waals surface area contributed by atoms with Gasteiger partial charge in [-0.3, -0.25) is 14.7 Å². The molecule has 0 saturated carbocycles. The van der Waals surface area contributed by atoms with Crippen LogP contribution >= 0.6 is 0 Å². The number of hydrogen-bond acceptors (Lipinski definition) is 4. The van der Waals surface area contributed by atoms with Gasteiger partial charge in [0.25, 0.3) is 0 Å². The lowest BCUT2D eigenvalue weighted by Crippen LogP contribution is -2.33. The van der Waals surface area contributed by atoms with Crippen molar-refractivity contribution in [1.82, 2.24) is 14.9 Å². The normalized spacial score (nSPS) is 14.4. The Hall–Kier alpha value is -3.05. The van der Waals surface area contributed by atoms with Gasteiger partial charge in [0.15, 0.2) is 5.65 Å². The number of aromatic nitrogens is 2. The van der Waals surface area contributed by atoms with Crippen molar-refractivity contribution in [3.8, 4) is 5.88 Å². The van der Waals surface area contributed by atoms with Gasteiger partial charge < -0.3 is 4.74 Å². The minimum Gasteiger partial charge on any atom is -0.478 e. The average molecular weight is 415 g/mol. The summed E-state index contributed by atoms with van der Waals surface area (Å²) in [6.07, 6.45) is -2.15. The average Bonchev–Trinajstić information content (AvgIpc) is 2.72. The third-order valence-corrected chi connectivity index (χ3v) is 5.19. The Morgan fingerprint density at radius 2 is 2.03 bits per heavy atom. The zero-order chi connectivity index (χ0) is 21.1. The molecule has 0 spiro atoms. The van der Waals surface area contributed by atoms with Crippen LogP contribution in [-0.2, 0) is 19.1 Å². The first kappa shape index (κ1) is 20.2. The number of ether oxygens (including phenoxy) is 1. The summed E-state index contributed by atoms with van der Waals surface area (Å²) in [5, 5.41) is 0.644. The van der Waals surface area contributed by atoms with E-state index in [2.05, 4.69) is 27.0 Å². The van der Waals surface area contributed by atoms with Gasteiger partial charge in [0.2, 0.25) is 5.88 Å². The van der Waals surface area contributed by atoms with Crippen molar-refractivity contribution in [2.75, 3.05) is 19.7 Å². The van der Waals surface area contributed by atoms with Crippen molar-refractivity contribution in [2.24, 2.45) is 0 Å². The maximum atomic E-state index is 13.3. The first-order valence-corrected chi connectivity index (χ1v) is 9.77. The molecule has 3 heterocycles. The molecule has 1 aromatic carbocycles. The Kier molecular flexibility index (Phi) is 5.64. The van der Waals surface area contributed by atoms with Gasteiger partial charge in [-0.25, -0.2) is 0 Å². The summed E-state index contributed by atoms with van der Waals surface area (Å²) in [6.45, 7) is 2.21. The molecule has 2 aromatic heterocycles. The number of H-pyrrole nitrogens is 1. The van der Waals surface area contributed by atoms with Crippen LogP contribution in [0.5, 0.6) is 5.88 Å². The highest BCUT2D eigenvalue weighted by Gasteiger charge is 2.35. The van der Waals surface area contributed by atoms with E-state index in [4.69, 9.17) is 4.74 Å². The van der Waals surface area contributed by atoms with Crippen molar-refractivity contribution in [2.45, 2.75) is 32.0 Å². The summed E-state index contributed by atoms with van der Waals surface area (Å²) in [6, 6.07) is 13.0. The summed E-state index contributed by atoms with van der Waals surface area (Å²) in [5.41, 5.74) is 0.659. The molecular formula is C22H20F3N3O2. The van der Waals surface area contributed by atoms with Crippen LogP contribution < -0.4 is 10.3 Å². The smallest absolute Gasteiger partial charge is 0.416 e. The number of unbranched alkanes of at least 4 members (excludes halogenated alkanes) is 1. The molecule has 1 aliphatic heterocycles. The Morgan fingerprint density at radius 1 is 1.17 bits per heavy atom. The van der Waals surface area contributed by atoms with E-state index in [1.54, 1.807) is 18.2 Å². The van der Waals surface area contributed by atoms with Crippen molar-refractivity contribution < 1.29 is 17.9 Å². The maximum absolute atomic E-state index is 13.3. The first-order valence-electron chi connectivity index (χ1n) is 9.77. The molecular weight excluding hydrogens is 395 g/mol. The van der Waals surface area contributed by atoms with E-state index in [0.717, 1.165) is 31.0 Å². The first-order chi connectivity index (χ1) is 14.4. The van der Waals surface area contributed by atoms with Crippen molar-refractivity contribution in [3.05, 3.63) is 69.5 Å². The second-order valence-electron chi connectivity index (χ2n) is 7.27. The molecule has 8 heteroatoms. The van der Waals surface area contributed by atoms with E-state index < -0.39 is 17.3 Å². The molecule has 0 amide bonds. The van der Waals surface area contributed by atoms with Crippen LogP contribution in [0.3, 0.4) is 0 Å². The lowest BCUT2D eigenvalue weighted by molar-refractivity contribution is -0.138. The fraction of sp³-hybridized carbons (Fsp3) is 0.364. The second-order valence-corrected chi connectivity index (χ2v) is 7.27. The van der Waals surface area contributed by atoms with E-state index in [1.165, 1.54) is 6.07 Å². The standard InChI is InChI=1S/C22H20F3N3O2/c23-22(24,25)18-5-3-4-15-10-12-28(14-17(15)18)11-1-2-13-30-20-9-7-16-6-8-19(29)26-21(16)27-20/h3-5,7,9H,1-2,10-14H2,(H,26,27,29). The number of hydrogen-bond donors (Lipinski definition) is 1. The van der Waals surface area contributed by atoms with E-state index in [9.17, 15) is 18.0 Å². The second kappa shape index (κ2) is 8.36. The highest BCUT2D eigenvalue weighted by atomic mass is 19.4. The number of alkyl halides is 3. The zero-order valence-corrected chi connectivity index (χ0v) is 16.2. The van der Waals surface area contributed by atoms with Gasteiger partial charge in [-0.15, -0.1) is 0 Å². The van der Waals surface area contributed by atoms with Gasteiger partial charge in [0, 0.05) is 25.2 Å². The predicted molar refractivity (Wildman–Crippen MR) is 105 cm³/mol. The molecule has 5 nitrogen and oxygen atoms in total. The lowest BCUT2D eigenvalue weighted by atomic mass is 9.94. The number of pyridine rings is 1. The fourth-order valence-corrected chi connectivity index (χ4v) is 3.69. The molecule has 0 saturated heterocycles. The number of benzene rings is 1. The van der Waals surface area contributed by atoms with Gasteiger partial charge in [0.05, 0.1) is 17.6 Å². The van der Waals surface area contributed by atoms with Gasteiger partial charge in [-0.1, -0.05) is 18.2 Å². The quantitative estimate of drug-likeness (QED) is 0.623. The predicted octanol–water partition coefficient (Wildman–Crippen LogP) is 3.76. The van der Waals surface area contributed by atoms with Crippen LogP contribution in [0.15, 0.2) is 35.1 Å². The zero-order valence-electron chi connectivity index (χ0n) is 16.2. The van der Waals surface area contributed by atoms with Crippen molar-refractivity contribution >= 4 is 11.0 Å². The van der Waals surface area contributed by atoms with Crippen LogP contribution in [0.2, 0.25) is 0 Å². The van der Waals surface area contributed by atoms with Gasteiger partial charge in [-0.05, 0) is 49.1 Å². The Morgan fingerprint density at radius 3 is 2.87 bits per heavy atom. The molecule has 1 N–H and O–H groups in total. The van der Waals surface area contributed by atoms with Crippen molar-refractivity contribution in [3.63, 3.8) is 0 Å². The van der Waals surface area contributed by atoms with Crippen LogP contribution in [0.25, 0.3) is 11.0 Å². The number of nitrogens with zero attached hydrogens (tertiary/aromatic N) is 2. The van der Waals surface area contributed by atoms with E-state index in [0.29, 0.717) is 48.6 Å². The van der Waals surface area contributed by atoms with E-state index in [-0.39, 0.29) is 0 Å². The summed E-state index contributed by atoms with van der Waals surface area (Å²) < 4.78 is 45.5. The molecule has 30 heavy (non-hydrogen) atoms. The van der Waals surface area contributed by atoms with Crippen LogP contribution in [0.1, 0.15) is 29.5 Å². The number of aromatic amines is 1. The minimum atomic E-state index is -4.32. The molecule has 0 fully saturated rings. The van der Waals surface area contributed by atoms with Gasteiger partial charge in [0.1, 0.15) is 0 Å². The number of nitrogens with one attached hydrogen (secondary N) is 1. The molecule has 0 bridgehead atoms. The molecule has 0 atom stereocenters. The molecule has 1 aliphatic rings. The van der Waals surface area contributed by atoms with Crippen LogP contribution in [-0.4, -0.2) is 34.6 Å². The lowest BCUT2D eigenvalue weighted by Gasteiger charge is -2.30. The van der Waals surface area contributed by atoms with Crippen LogP contribution in [0.4, 0.5) is 13.2 Å². The van der Waals surface area contributed by atoms with Crippen molar-refractivity contribution in [1.29, 1.82) is 0 Å². The largest absolute Gasteiger partial charge is 0.478 e. The monoisotopic (exact) mass is 415 g/mol.